The van der Waals surface area contributed by atoms with Gasteiger partial charge in [0.15, 0.2) is 0 Å². The number of urea groups is 1. The average Bonchev–Trinajstić information content (AvgIpc) is 3.15. The largest absolute Gasteiger partial charge is 0.492 e. The number of amides is 2. The van der Waals surface area contributed by atoms with Crippen LogP contribution >= 0.6 is 11.3 Å². The molecule has 2 N–H and O–H groups in total. The van der Waals surface area contributed by atoms with E-state index < -0.39 is 6.03 Å². The Morgan fingerprint density at radius 2 is 2.04 bits per heavy atom. The van der Waals surface area contributed by atoms with E-state index in [4.69, 9.17) is 9.15 Å². The van der Waals surface area contributed by atoms with Gasteiger partial charge in [0.05, 0.1) is 23.0 Å². The Hall–Kier alpha value is -2.94. The van der Waals surface area contributed by atoms with Crippen molar-refractivity contribution in [3.8, 4) is 16.5 Å². The molecule has 0 fully saturated rings. The number of aryl methyl sites for hydroxylation is 2. The maximum atomic E-state index is 12.1. The minimum absolute atomic E-state index is 0.00634. The van der Waals surface area contributed by atoms with Crippen molar-refractivity contribution in [3.63, 3.8) is 0 Å². The number of thiazole rings is 1. The molecule has 2 aromatic heterocycles. The molecule has 0 radical (unpaired) electrons. The molecule has 0 aliphatic heterocycles. The molecular weight excluding hydrogens is 342 g/mol. The van der Waals surface area contributed by atoms with Crippen LogP contribution in [0.15, 0.2) is 28.7 Å². The summed E-state index contributed by atoms with van der Waals surface area (Å²) < 4.78 is 11.0. The molecule has 2 amide bonds. The maximum Gasteiger partial charge on any atom is 0.327 e. The fourth-order valence-electron chi connectivity index (χ4n) is 2.20. The summed E-state index contributed by atoms with van der Waals surface area (Å²) in [7, 11) is 0. The van der Waals surface area contributed by atoms with Gasteiger partial charge in [-0.25, -0.2) is 9.78 Å². The van der Waals surface area contributed by atoms with Crippen LogP contribution in [-0.2, 0) is 0 Å². The molecule has 9 heteroatoms. The molecule has 0 saturated carbocycles. The first-order valence-electron chi connectivity index (χ1n) is 7.64. The van der Waals surface area contributed by atoms with Gasteiger partial charge in [-0.15, -0.1) is 16.4 Å². The maximum absolute atomic E-state index is 12.1. The number of carbonyl (C=O) groups is 1. The zero-order valence-corrected chi connectivity index (χ0v) is 14.8. The lowest BCUT2D eigenvalue weighted by Crippen LogP contribution is -2.20. The number of nitrogens with one attached hydrogen (secondary N) is 2. The van der Waals surface area contributed by atoms with E-state index in [0.29, 0.717) is 23.9 Å². The minimum atomic E-state index is -0.500. The van der Waals surface area contributed by atoms with Crippen LogP contribution in [0.25, 0.3) is 10.8 Å². The Morgan fingerprint density at radius 3 is 2.76 bits per heavy atom. The van der Waals surface area contributed by atoms with Crippen LogP contribution in [-0.4, -0.2) is 27.8 Å². The highest BCUT2D eigenvalue weighted by Gasteiger charge is 2.16. The summed E-state index contributed by atoms with van der Waals surface area (Å²) in [6.07, 6.45) is 0. The standard InChI is InChI=1S/C16H17N5O3S/c1-4-23-12-8-6-5-7-11(12)18-15(22)19-16-21-20-14(24-16)13-9(2)17-10(3)25-13/h5-8H,4H2,1-3H3,(H2,18,19,21,22). The second-order valence-corrected chi connectivity index (χ2v) is 6.27. The SMILES string of the molecule is CCOc1ccccc1NC(=O)Nc1nnc(-c2sc(C)nc2C)o1. The zero-order valence-electron chi connectivity index (χ0n) is 14.0. The number of carbonyl (C=O) groups excluding carboxylic acids is 1. The molecule has 0 unspecified atom stereocenters. The van der Waals surface area contributed by atoms with E-state index in [1.54, 1.807) is 18.2 Å². The van der Waals surface area contributed by atoms with Crippen LogP contribution in [0, 0.1) is 13.8 Å². The summed E-state index contributed by atoms with van der Waals surface area (Å²) in [5.41, 5.74) is 1.36. The molecule has 3 aromatic rings. The lowest BCUT2D eigenvalue weighted by molar-refractivity contribution is 0.261. The van der Waals surface area contributed by atoms with Crippen molar-refractivity contribution in [2.24, 2.45) is 0 Å². The first-order valence-corrected chi connectivity index (χ1v) is 8.46. The fourth-order valence-corrected chi connectivity index (χ4v) is 3.04. The van der Waals surface area contributed by atoms with E-state index in [0.717, 1.165) is 15.6 Å². The average molecular weight is 359 g/mol. The summed E-state index contributed by atoms with van der Waals surface area (Å²) in [6, 6.07) is 6.66. The number of benzene rings is 1. The molecule has 25 heavy (non-hydrogen) atoms. The molecule has 1 aromatic carbocycles. The van der Waals surface area contributed by atoms with E-state index in [1.807, 2.05) is 26.8 Å². The van der Waals surface area contributed by atoms with Gasteiger partial charge in [0.25, 0.3) is 5.89 Å². The number of hydrogen-bond acceptors (Lipinski definition) is 7. The summed E-state index contributed by atoms with van der Waals surface area (Å²) >= 11 is 1.46. The molecule has 3 rings (SSSR count). The topological polar surface area (TPSA) is 102 Å². The summed E-state index contributed by atoms with van der Waals surface area (Å²) in [5.74, 6) is 0.912. The Bertz CT molecular complexity index is 890. The highest BCUT2D eigenvalue weighted by atomic mass is 32.1. The van der Waals surface area contributed by atoms with Gasteiger partial charge in [-0.2, -0.15) is 0 Å². The number of nitrogens with zero attached hydrogens (tertiary/aromatic N) is 3. The molecule has 2 heterocycles. The van der Waals surface area contributed by atoms with Gasteiger partial charge in [0.1, 0.15) is 10.6 Å². The predicted octanol–water partition coefficient (Wildman–Crippen LogP) is 3.85. The van der Waals surface area contributed by atoms with Crippen molar-refractivity contribution in [2.45, 2.75) is 20.8 Å². The van der Waals surface area contributed by atoms with Crippen LogP contribution in [0.5, 0.6) is 5.75 Å². The Kier molecular flexibility index (Phi) is 4.94. The van der Waals surface area contributed by atoms with Crippen molar-refractivity contribution in [2.75, 3.05) is 17.2 Å². The van der Waals surface area contributed by atoms with Gasteiger partial charge >= 0.3 is 12.0 Å². The van der Waals surface area contributed by atoms with Crippen LogP contribution < -0.4 is 15.4 Å². The molecule has 0 spiro atoms. The molecule has 0 aliphatic carbocycles. The van der Waals surface area contributed by atoms with Crippen LogP contribution in [0.2, 0.25) is 0 Å². The molecular formula is C16H17N5O3S. The van der Waals surface area contributed by atoms with Crippen molar-refractivity contribution in [1.82, 2.24) is 15.2 Å². The summed E-state index contributed by atoms with van der Waals surface area (Å²) in [5, 5.41) is 13.9. The predicted molar refractivity (Wildman–Crippen MR) is 95.1 cm³/mol. The van der Waals surface area contributed by atoms with Crippen molar-refractivity contribution in [1.29, 1.82) is 0 Å². The Labute approximate surface area is 148 Å². The van der Waals surface area contributed by atoms with Gasteiger partial charge in [-0.1, -0.05) is 17.2 Å². The fraction of sp³-hybridized carbons (Fsp3) is 0.250. The van der Waals surface area contributed by atoms with Gasteiger partial charge in [0, 0.05) is 0 Å². The second kappa shape index (κ2) is 7.31. The molecule has 0 bridgehead atoms. The zero-order chi connectivity index (χ0) is 17.8. The van der Waals surface area contributed by atoms with Crippen LogP contribution in [0.1, 0.15) is 17.6 Å². The minimum Gasteiger partial charge on any atom is -0.492 e. The van der Waals surface area contributed by atoms with E-state index in [9.17, 15) is 4.79 Å². The van der Waals surface area contributed by atoms with E-state index >= 15 is 0 Å². The Balaban J connectivity index is 1.69. The van der Waals surface area contributed by atoms with Crippen molar-refractivity contribution in [3.05, 3.63) is 35.0 Å². The number of rotatable bonds is 5. The van der Waals surface area contributed by atoms with Crippen LogP contribution in [0.3, 0.4) is 0 Å². The van der Waals surface area contributed by atoms with Crippen molar-refractivity contribution < 1.29 is 13.9 Å². The van der Waals surface area contributed by atoms with Gasteiger partial charge in [0.2, 0.25) is 0 Å². The third kappa shape index (κ3) is 3.94. The monoisotopic (exact) mass is 359 g/mol. The number of aromatic nitrogens is 3. The van der Waals surface area contributed by atoms with E-state index in [1.165, 1.54) is 11.3 Å². The first kappa shape index (κ1) is 16.9. The quantitative estimate of drug-likeness (QED) is 0.717. The highest BCUT2D eigenvalue weighted by molar-refractivity contribution is 7.15. The smallest absolute Gasteiger partial charge is 0.327 e. The normalized spacial score (nSPS) is 10.5. The van der Waals surface area contributed by atoms with E-state index in [-0.39, 0.29) is 6.01 Å². The van der Waals surface area contributed by atoms with Gasteiger partial charge in [-0.3, -0.25) is 5.32 Å². The third-order valence-electron chi connectivity index (χ3n) is 3.18. The first-order chi connectivity index (χ1) is 12.1. The molecule has 0 saturated heterocycles. The molecule has 0 atom stereocenters. The van der Waals surface area contributed by atoms with Crippen LogP contribution in [0.4, 0.5) is 16.5 Å². The number of ether oxygens (including phenoxy) is 1. The number of anilines is 2. The molecule has 0 aliphatic rings. The summed E-state index contributed by atoms with van der Waals surface area (Å²) in [6.45, 7) is 6.15. The van der Waals surface area contributed by atoms with Gasteiger partial charge < -0.3 is 14.5 Å². The van der Waals surface area contributed by atoms with Crippen molar-refractivity contribution >= 4 is 29.1 Å². The second-order valence-electron chi connectivity index (χ2n) is 5.07. The third-order valence-corrected chi connectivity index (χ3v) is 4.24. The molecule has 8 nitrogen and oxygen atoms in total. The van der Waals surface area contributed by atoms with Gasteiger partial charge in [-0.05, 0) is 32.9 Å². The lowest BCUT2D eigenvalue weighted by atomic mass is 10.3. The highest BCUT2D eigenvalue weighted by Crippen LogP contribution is 2.29. The van der Waals surface area contributed by atoms with E-state index in [2.05, 4.69) is 25.8 Å². The number of para-hydroxylation sites is 2. The lowest BCUT2D eigenvalue weighted by Gasteiger charge is -2.10. The summed E-state index contributed by atoms with van der Waals surface area (Å²) in [4.78, 5) is 17.2. The Morgan fingerprint density at radius 1 is 1.24 bits per heavy atom. The molecule has 130 valence electrons. The number of hydrogen-bond donors (Lipinski definition) is 2.